The summed E-state index contributed by atoms with van der Waals surface area (Å²) >= 11 is 8.74. The highest BCUT2D eigenvalue weighted by atomic mass is 127. The second-order valence-electron chi connectivity index (χ2n) is 13.4. The zero-order valence-electron chi connectivity index (χ0n) is 36.3. The molecule has 65 heavy (non-hydrogen) atoms. The minimum Gasteiger partial charge on any atom is -0.480 e. The Hall–Kier alpha value is -5.07. The van der Waals surface area contributed by atoms with Crippen molar-refractivity contribution in [2.24, 2.45) is 0 Å². The van der Waals surface area contributed by atoms with E-state index < -0.39 is 11.9 Å². The van der Waals surface area contributed by atoms with Crippen LogP contribution in [0.15, 0.2) is 82.4 Å². The number of halogens is 6. The molecular formula is C43H48Br2ClF2IN10O6. The van der Waals surface area contributed by atoms with Gasteiger partial charge in [0.2, 0.25) is 11.8 Å². The van der Waals surface area contributed by atoms with Gasteiger partial charge in [0.25, 0.3) is 17.7 Å². The first-order chi connectivity index (χ1) is 30.6. The molecule has 4 aromatic heterocycles. The Kier molecular flexibility index (Phi) is 21.8. The molecule has 0 saturated carbocycles. The second kappa shape index (κ2) is 26.2. The third-order valence-corrected chi connectivity index (χ3v) is 11.1. The van der Waals surface area contributed by atoms with Gasteiger partial charge >= 0.3 is 0 Å². The third-order valence-electron chi connectivity index (χ3n) is 8.86. The van der Waals surface area contributed by atoms with Gasteiger partial charge in [0, 0.05) is 59.4 Å². The van der Waals surface area contributed by atoms with Gasteiger partial charge in [-0.15, -0.1) is 12.4 Å². The largest absolute Gasteiger partial charge is 0.480 e. The number of rotatable bonds is 7. The fraction of sp³-hybridized carbons (Fsp3) is 0.279. The second-order valence-corrected chi connectivity index (χ2v) is 16.2. The van der Waals surface area contributed by atoms with Crippen LogP contribution in [-0.4, -0.2) is 80.7 Å². The zero-order valence-corrected chi connectivity index (χ0v) is 42.4. The van der Waals surface area contributed by atoms with Crippen molar-refractivity contribution in [1.29, 1.82) is 0 Å². The molecule has 1 aliphatic rings. The number of amides is 1. The van der Waals surface area contributed by atoms with Gasteiger partial charge in [0.1, 0.15) is 28.4 Å². The number of nitrogens with two attached hydrogens (primary N) is 2. The molecule has 348 valence electrons. The van der Waals surface area contributed by atoms with Crippen LogP contribution in [0.5, 0.6) is 23.5 Å². The van der Waals surface area contributed by atoms with E-state index in [1.54, 1.807) is 59.5 Å². The van der Waals surface area contributed by atoms with Gasteiger partial charge in [0.15, 0.2) is 11.6 Å². The number of fused-ring (bicyclic) bond motifs is 5. The van der Waals surface area contributed by atoms with Gasteiger partial charge in [0.05, 0.1) is 42.3 Å². The highest BCUT2D eigenvalue weighted by Crippen LogP contribution is 2.36. The SMILES string of the molecule is CC(Oc1nc(Br)cnc1N)c1cc(F)ccc1I.CCO.CNCc1ccnc(OC)c1Br.COc1nccc2c1-c1cnc(N)c(n1)OC(C)c1cc(F)ccc1C(=O)N(C)C2.Cl. The van der Waals surface area contributed by atoms with E-state index in [4.69, 9.17) is 35.5 Å². The van der Waals surface area contributed by atoms with Crippen LogP contribution in [0.25, 0.3) is 11.3 Å². The molecule has 6 N–H and O–H groups in total. The molecule has 0 spiro atoms. The Morgan fingerprint density at radius 1 is 0.954 bits per heavy atom. The van der Waals surface area contributed by atoms with E-state index in [-0.39, 0.29) is 66.8 Å². The topological polar surface area (TPSA) is 219 Å². The Labute approximate surface area is 412 Å². The van der Waals surface area contributed by atoms with Gasteiger partial charge in [-0.2, -0.15) is 0 Å². The highest BCUT2D eigenvalue weighted by molar-refractivity contribution is 14.1. The van der Waals surface area contributed by atoms with Crippen molar-refractivity contribution in [3.8, 4) is 34.8 Å². The average molecular weight is 1160 g/mol. The maximum absolute atomic E-state index is 14.0. The van der Waals surface area contributed by atoms with Gasteiger partial charge in [-0.05, 0) is 142 Å². The first-order valence-corrected chi connectivity index (χ1v) is 21.9. The summed E-state index contributed by atoms with van der Waals surface area (Å²) < 4.78 is 51.6. The minimum atomic E-state index is -0.699. The Balaban J connectivity index is 0.000000274. The van der Waals surface area contributed by atoms with Crippen molar-refractivity contribution in [3.05, 3.63) is 125 Å². The number of carbonyl (C=O) groups excluding carboxylic acids is 1. The predicted molar refractivity (Wildman–Crippen MR) is 261 cm³/mol. The summed E-state index contributed by atoms with van der Waals surface area (Å²) in [6.07, 6.45) is 5.23. The molecule has 0 fully saturated rings. The summed E-state index contributed by atoms with van der Waals surface area (Å²) in [4.78, 5) is 39.8. The Morgan fingerprint density at radius 3 is 2.26 bits per heavy atom. The van der Waals surface area contributed by atoms with E-state index in [1.807, 2.05) is 13.1 Å². The first kappa shape index (κ1) is 54.3. The number of nitrogens with one attached hydrogen (secondary N) is 1. The lowest BCUT2D eigenvalue weighted by molar-refractivity contribution is 0.0779. The van der Waals surface area contributed by atoms with E-state index in [1.165, 1.54) is 54.7 Å². The molecular weight excluding hydrogens is 1110 g/mol. The maximum atomic E-state index is 14.0. The van der Waals surface area contributed by atoms with Crippen LogP contribution in [-0.2, 0) is 13.1 Å². The number of aliphatic hydroxyl groups excluding tert-OH is 1. The Morgan fingerprint density at radius 2 is 1.58 bits per heavy atom. The quantitative estimate of drug-likeness (QED) is 0.110. The van der Waals surface area contributed by atoms with Crippen LogP contribution in [0.3, 0.4) is 0 Å². The molecule has 0 radical (unpaired) electrons. The lowest BCUT2D eigenvalue weighted by Gasteiger charge is -2.24. The van der Waals surface area contributed by atoms with Crippen molar-refractivity contribution in [1.82, 2.24) is 40.1 Å². The zero-order chi connectivity index (χ0) is 47.1. The van der Waals surface area contributed by atoms with Gasteiger partial charge in [-0.3, -0.25) is 4.79 Å². The smallest absolute Gasteiger partial charge is 0.258 e. The number of carbonyl (C=O) groups is 1. The molecule has 5 heterocycles. The first-order valence-electron chi connectivity index (χ1n) is 19.3. The number of benzene rings is 2. The fourth-order valence-electron chi connectivity index (χ4n) is 5.89. The fourth-order valence-corrected chi connectivity index (χ4v) is 7.47. The predicted octanol–water partition coefficient (Wildman–Crippen LogP) is 8.69. The van der Waals surface area contributed by atoms with Crippen molar-refractivity contribution in [2.45, 2.75) is 46.1 Å². The molecule has 2 bridgehead atoms. The molecule has 1 amide bonds. The van der Waals surface area contributed by atoms with Crippen LogP contribution in [0.1, 0.15) is 65.6 Å². The summed E-state index contributed by atoms with van der Waals surface area (Å²) in [5, 5.41) is 10.6. The molecule has 0 aliphatic carbocycles. The lowest BCUT2D eigenvalue weighted by atomic mass is 10.0. The van der Waals surface area contributed by atoms with Gasteiger partial charge in [-0.1, -0.05) is 0 Å². The number of aliphatic hydroxyl groups is 1. The molecule has 6 aromatic rings. The van der Waals surface area contributed by atoms with Crippen LogP contribution in [0, 0.1) is 15.2 Å². The number of pyridine rings is 2. The van der Waals surface area contributed by atoms with Crippen molar-refractivity contribution in [2.75, 3.05) is 46.4 Å². The van der Waals surface area contributed by atoms with Crippen molar-refractivity contribution in [3.63, 3.8) is 0 Å². The number of hydrogen-bond donors (Lipinski definition) is 4. The molecule has 16 nitrogen and oxygen atoms in total. The molecule has 7 rings (SSSR count). The van der Waals surface area contributed by atoms with E-state index in [0.717, 1.165) is 31.3 Å². The molecule has 2 atom stereocenters. The summed E-state index contributed by atoms with van der Waals surface area (Å²) in [5.74, 6) is 0.490. The number of aromatic nitrogens is 6. The van der Waals surface area contributed by atoms with E-state index in [9.17, 15) is 13.6 Å². The number of methoxy groups -OCH3 is 2. The summed E-state index contributed by atoms with van der Waals surface area (Å²) in [7, 11) is 6.68. The van der Waals surface area contributed by atoms with Crippen molar-refractivity contribution < 1.29 is 37.6 Å². The van der Waals surface area contributed by atoms with Crippen LogP contribution in [0.2, 0.25) is 0 Å². The molecule has 22 heteroatoms. The van der Waals surface area contributed by atoms with Crippen LogP contribution in [0.4, 0.5) is 20.4 Å². The van der Waals surface area contributed by atoms with Crippen LogP contribution < -0.4 is 35.7 Å². The lowest BCUT2D eigenvalue weighted by Crippen LogP contribution is -2.28. The molecule has 2 unspecified atom stereocenters. The summed E-state index contributed by atoms with van der Waals surface area (Å²) in [6.45, 7) is 6.49. The number of ether oxygens (including phenoxy) is 4. The maximum Gasteiger partial charge on any atom is 0.258 e. The van der Waals surface area contributed by atoms with Crippen LogP contribution >= 0.6 is 66.9 Å². The normalized spacial score (nSPS) is 13.0. The van der Waals surface area contributed by atoms with E-state index in [2.05, 4.69) is 89.7 Å². The standard InChI is InChI=1S/C21H20FN5O3.C12H10BrFIN3O.C8H11BrN2O.C2H6O.ClH/c1-11-15-8-13(22)4-5-14(15)21(28)27(2)10-12-6-7-24-19(29-3)17(12)16-9-25-18(23)20(26-16)30-11;1-6(8-4-7(14)2-3-9(8)15)19-12-11(16)17-5-10(13)18-12;1-10-5-6-3-4-11-8(12-2)7(6)9;1-2-3;/h4-9,11H,10H2,1-3H3,(H2,23,25);2-6H,1H3,(H2,16,17);3-4,10H,5H2,1-2H3;3H,2H2,1H3;1H. The number of nitrogens with zero attached hydrogens (tertiary/aromatic N) is 7. The number of anilines is 2. The van der Waals surface area contributed by atoms with Crippen molar-refractivity contribution >= 4 is 84.4 Å². The van der Waals surface area contributed by atoms with Gasteiger partial charge in [-0.25, -0.2) is 38.7 Å². The monoisotopic (exact) mass is 1160 g/mol. The number of hydrogen-bond acceptors (Lipinski definition) is 15. The van der Waals surface area contributed by atoms with E-state index in [0.29, 0.717) is 38.7 Å². The summed E-state index contributed by atoms with van der Waals surface area (Å²) in [5.41, 5.74) is 16.0. The molecule has 1 aliphatic heterocycles. The Bertz CT molecular complexity index is 2540. The summed E-state index contributed by atoms with van der Waals surface area (Å²) in [6, 6.07) is 12.3. The third kappa shape index (κ3) is 14.7. The average Bonchev–Trinajstić information content (AvgIpc) is 3.27. The molecule has 2 aromatic carbocycles. The highest BCUT2D eigenvalue weighted by Gasteiger charge is 2.26. The van der Waals surface area contributed by atoms with E-state index >= 15 is 0 Å². The molecule has 0 saturated heterocycles. The van der Waals surface area contributed by atoms with Gasteiger partial charge < -0.3 is 45.7 Å². The minimum absolute atomic E-state index is 0. The number of nitrogen functional groups attached to an aromatic ring is 2.